The van der Waals surface area contributed by atoms with Crippen molar-refractivity contribution in [3.8, 4) is 5.75 Å². The van der Waals surface area contributed by atoms with E-state index in [0.717, 1.165) is 41.1 Å². The van der Waals surface area contributed by atoms with Crippen molar-refractivity contribution in [2.75, 3.05) is 6.54 Å². The number of hydrogen-bond acceptors (Lipinski definition) is 3. The van der Waals surface area contributed by atoms with Crippen LogP contribution in [-0.4, -0.2) is 16.1 Å². The highest BCUT2D eigenvalue weighted by molar-refractivity contribution is 9.10. The van der Waals surface area contributed by atoms with Gasteiger partial charge in [0.05, 0.1) is 22.7 Å². The average Bonchev–Trinajstić information content (AvgIpc) is 2.91. The first-order valence-corrected chi connectivity index (χ1v) is 7.65. The lowest BCUT2D eigenvalue weighted by Crippen LogP contribution is -2.13. The number of ether oxygens (including phenoxy) is 1. The van der Waals surface area contributed by atoms with E-state index in [1.165, 1.54) is 0 Å². The van der Waals surface area contributed by atoms with Gasteiger partial charge in [0.15, 0.2) is 0 Å². The van der Waals surface area contributed by atoms with Crippen LogP contribution in [0.3, 0.4) is 0 Å². The maximum atomic E-state index is 6.00. The summed E-state index contributed by atoms with van der Waals surface area (Å²) >= 11 is 3.56. The summed E-state index contributed by atoms with van der Waals surface area (Å²) in [7, 11) is 0. The van der Waals surface area contributed by atoms with Crippen LogP contribution in [-0.2, 0) is 19.7 Å². The Morgan fingerprint density at radius 3 is 2.95 bits per heavy atom. The van der Waals surface area contributed by atoms with Gasteiger partial charge in [-0.05, 0) is 35.5 Å². The lowest BCUT2D eigenvalue weighted by Gasteiger charge is -2.14. The van der Waals surface area contributed by atoms with Gasteiger partial charge in [0, 0.05) is 18.7 Å². The molecule has 1 N–H and O–H groups in total. The number of nitrogens with zero attached hydrogens (tertiary/aromatic N) is 2. The Balaban J connectivity index is 2.12. The molecule has 20 heavy (non-hydrogen) atoms. The number of aromatic nitrogens is 2. The summed E-state index contributed by atoms with van der Waals surface area (Å²) in [5.74, 6) is 0.900. The van der Waals surface area contributed by atoms with Crippen molar-refractivity contribution in [2.24, 2.45) is 0 Å². The van der Waals surface area contributed by atoms with Gasteiger partial charge >= 0.3 is 0 Å². The van der Waals surface area contributed by atoms with Gasteiger partial charge in [-0.25, -0.2) is 4.98 Å². The van der Waals surface area contributed by atoms with E-state index in [1.807, 2.05) is 24.7 Å². The van der Waals surface area contributed by atoms with Crippen LogP contribution in [0.4, 0.5) is 0 Å². The molecule has 1 heterocycles. The van der Waals surface area contributed by atoms with E-state index in [1.54, 1.807) is 0 Å². The van der Waals surface area contributed by atoms with Crippen molar-refractivity contribution in [3.63, 3.8) is 0 Å². The summed E-state index contributed by atoms with van der Waals surface area (Å²) in [6.45, 7) is 7.36. The number of aryl methyl sites for hydroxylation is 1. The predicted molar refractivity (Wildman–Crippen MR) is 83.8 cm³/mol. The van der Waals surface area contributed by atoms with Crippen molar-refractivity contribution in [1.29, 1.82) is 0 Å². The van der Waals surface area contributed by atoms with Crippen LogP contribution in [0, 0.1) is 0 Å². The number of benzene rings is 1. The van der Waals surface area contributed by atoms with Gasteiger partial charge in [0.2, 0.25) is 0 Å². The molecule has 0 fully saturated rings. The molecule has 5 heteroatoms. The molecule has 0 unspecified atom stereocenters. The molecular weight excluding hydrogens is 318 g/mol. The molecule has 4 nitrogen and oxygen atoms in total. The third-order valence-corrected chi connectivity index (χ3v) is 3.74. The molecule has 2 rings (SSSR count). The van der Waals surface area contributed by atoms with Crippen LogP contribution in [0.15, 0.2) is 35.2 Å². The van der Waals surface area contributed by atoms with E-state index in [9.17, 15) is 0 Å². The van der Waals surface area contributed by atoms with Gasteiger partial charge < -0.3 is 14.6 Å². The van der Waals surface area contributed by atoms with Crippen molar-refractivity contribution in [2.45, 2.75) is 33.5 Å². The number of imidazole rings is 1. The Morgan fingerprint density at radius 2 is 2.20 bits per heavy atom. The monoisotopic (exact) mass is 337 g/mol. The summed E-state index contributed by atoms with van der Waals surface area (Å²) in [6, 6.07) is 6.11. The number of nitrogens with one attached hydrogen (secondary N) is 1. The van der Waals surface area contributed by atoms with Crippen LogP contribution in [0.1, 0.15) is 25.1 Å². The highest BCUT2D eigenvalue weighted by Crippen LogP contribution is 2.29. The molecule has 0 bridgehead atoms. The predicted octanol–water partition coefficient (Wildman–Crippen LogP) is 3.35. The Hall–Kier alpha value is -1.33. The zero-order valence-electron chi connectivity index (χ0n) is 11.9. The van der Waals surface area contributed by atoms with Gasteiger partial charge in [-0.3, -0.25) is 0 Å². The topological polar surface area (TPSA) is 39.1 Å². The van der Waals surface area contributed by atoms with E-state index >= 15 is 0 Å². The summed E-state index contributed by atoms with van der Waals surface area (Å²) in [4.78, 5) is 4.16. The first-order chi connectivity index (χ1) is 9.76. The number of hydrogen-bond donors (Lipinski definition) is 1. The average molecular weight is 338 g/mol. The van der Waals surface area contributed by atoms with Gasteiger partial charge in [-0.1, -0.05) is 19.1 Å². The molecule has 1 aromatic carbocycles. The molecule has 0 saturated carbocycles. The lowest BCUT2D eigenvalue weighted by atomic mass is 10.2. The van der Waals surface area contributed by atoms with E-state index in [4.69, 9.17) is 4.74 Å². The normalized spacial score (nSPS) is 10.8. The molecule has 0 aliphatic rings. The summed E-state index contributed by atoms with van der Waals surface area (Å²) in [5.41, 5.74) is 2.24. The zero-order chi connectivity index (χ0) is 14.4. The standard InChI is InChI=1S/C15H20BrN3O/c1-3-17-8-12-6-5-7-14(16)15(12)20-10-13-9-18-11-19(13)4-2/h5-7,9,11,17H,3-4,8,10H2,1-2H3. The van der Waals surface area contributed by atoms with Crippen molar-refractivity contribution < 1.29 is 4.74 Å². The van der Waals surface area contributed by atoms with Gasteiger partial charge in [-0.2, -0.15) is 0 Å². The van der Waals surface area contributed by atoms with E-state index in [-0.39, 0.29) is 0 Å². The summed E-state index contributed by atoms with van der Waals surface area (Å²) in [5, 5.41) is 3.33. The van der Waals surface area contributed by atoms with Crippen LogP contribution in [0.25, 0.3) is 0 Å². The number of rotatable bonds is 7. The molecule has 0 spiro atoms. The fraction of sp³-hybridized carbons (Fsp3) is 0.400. The minimum absolute atomic E-state index is 0.523. The quantitative estimate of drug-likeness (QED) is 0.841. The van der Waals surface area contributed by atoms with Crippen LogP contribution in [0.2, 0.25) is 0 Å². The smallest absolute Gasteiger partial charge is 0.138 e. The minimum atomic E-state index is 0.523. The Morgan fingerprint density at radius 1 is 1.35 bits per heavy atom. The first kappa shape index (κ1) is 15.1. The fourth-order valence-corrected chi connectivity index (χ4v) is 2.53. The number of para-hydroxylation sites is 1. The Labute approximate surface area is 128 Å². The molecular formula is C15H20BrN3O. The molecule has 0 radical (unpaired) electrons. The molecule has 1 aromatic heterocycles. The SMILES string of the molecule is CCNCc1cccc(Br)c1OCc1cncn1CC. The van der Waals surface area contributed by atoms with Crippen LogP contribution >= 0.6 is 15.9 Å². The Bertz CT molecular complexity index is 554. The third-order valence-electron chi connectivity index (χ3n) is 3.12. The van der Waals surface area contributed by atoms with E-state index in [2.05, 4.69) is 50.7 Å². The van der Waals surface area contributed by atoms with Gasteiger partial charge in [-0.15, -0.1) is 0 Å². The largest absolute Gasteiger partial charge is 0.486 e. The molecule has 0 amide bonds. The fourth-order valence-electron chi connectivity index (χ4n) is 2.01. The first-order valence-electron chi connectivity index (χ1n) is 6.86. The van der Waals surface area contributed by atoms with Crippen molar-refractivity contribution >= 4 is 15.9 Å². The summed E-state index contributed by atoms with van der Waals surface area (Å²) in [6.07, 6.45) is 3.68. The maximum absolute atomic E-state index is 6.00. The maximum Gasteiger partial charge on any atom is 0.138 e. The second-order valence-corrected chi connectivity index (χ2v) is 5.32. The van der Waals surface area contributed by atoms with E-state index < -0.39 is 0 Å². The third kappa shape index (κ3) is 3.61. The van der Waals surface area contributed by atoms with E-state index in [0.29, 0.717) is 6.61 Å². The molecule has 108 valence electrons. The highest BCUT2D eigenvalue weighted by atomic mass is 79.9. The summed E-state index contributed by atoms with van der Waals surface area (Å²) < 4.78 is 9.07. The van der Waals surface area contributed by atoms with Crippen LogP contribution < -0.4 is 10.1 Å². The molecule has 0 aliphatic carbocycles. The second-order valence-electron chi connectivity index (χ2n) is 4.47. The lowest BCUT2D eigenvalue weighted by molar-refractivity contribution is 0.290. The van der Waals surface area contributed by atoms with Crippen molar-refractivity contribution in [1.82, 2.24) is 14.9 Å². The molecule has 0 atom stereocenters. The molecule has 0 saturated heterocycles. The molecule has 0 aliphatic heterocycles. The Kier molecular flexibility index (Phi) is 5.61. The second kappa shape index (κ2) is 7.45. The molecule has 2 aromatic rings. The van der Waals surface area contributed by atoms with Crippen molar-refractivity contribution in [3.05, 3.63) is 46.5 Å². The van der Waals surface area contributed by atoms with Gasteiger partial charge in [0.25, 0.3) is 0 Å². The highest BCUT2D eigenvalue weighted by Gasteiger charge is 2.09. The van der Waals surface area contributed by atoms with Crippen LogP contribution in [0.5, 0.6) is 5.75 Å². The zero-order valence-corrected chi connectivity index (χ0v) is 13.5. The van der Waals surface area contributed by atoms with Gasteiger partial charge in [0.1, 0.15) is 12.4 Å². The minimum Gasteiger partial charge on any atom is -0.486 e. The number of halogens is 1.